The summed E-state index contributed by atoms with van der Waals surface area (Å²) in [5.74, 6) is -6.31. The zero-order chi connectivity index (χ0) is 25.7. The predicted molar refractivity (Wildman–Crippen MR) is 124 cm³/mol. The van der Waals surface area contributed by atoms with Crippen molar-refractivity contribution < 1.29 is 29.2 Å². The second kappa shape index (κ2) is 11.0. The lowest BCUT2D eigenvalue weighted by Crippen LogP contribution is -2.49. The number of carbonyl (C=O) groups is 5. The molecule has 1 fully saturated rings. The number of nitrogens with one attached hydrogen (secondary N) is 2. The maximum absolute atomic E-state index is 13.1. The first-order valence-electron chi connectivity index (χ1n) is 11.3. The van der Waals surface area contributed by atoms with Crippen molar-refractivity contribution in [2.45, 2.75) is 39.3 Å². The fourth-order valence-corrected chi connectivity index (χ4v) is 4.00. The zero-order valence-corrected chi connectivity index (χ0v) is 19.7. The third kappa shape index (κ3) is 5.78. The van der Waals surface area contributed by atoms with Gasteiger partial charge in [0.25, 0.3) is 17.7 Å². The summed E-state index contributed by atoms with van der Waals surface area (Å²) in [5.41, 5.74) is 0.872. The zero-order valence-electron chi connectivity index (χ0n) is 19.7. The Bertz CT molecular complexity index is 1110. The maximum Gasteiger partial charge on any atom is 0.270 e. The molecular formula is C25H28N4O6. The predicted octanol–water partition coefficient (Wildman–Crippen LogP) is 1.66. The Kier molecular flexibility index (Phi) is 8.08. The maximum atomic E-state index is 13.1. The van der Waals surface area contributed by atoms with Crippen LogP contribution in [0.25, 0.3) is 0 Å². The summed E-state index contributed by atoms with van der Waals surface area (Å²) in [7, 11) is 0. The first-order chi connectivity index (χ1) is 16.6. The van der Waals surface area contributed by atoms with Crippen LogP contribution in [-0.4, -0.2) is 50.7 Å². The highest BCUT2D eigenvalue weighted by Gasteiger charge is 2.51. The van der Waals surface area contributed by atoms with Crippen molar-refractivity contribution in [3.63, 3.8) is 0 Å². The van der Waals surface area contributed by atoms with Gasteiger partial charge >= 0.3 is 0 Å². The number of ketones is 1. The van der Waals surface area contributed by atoms with Crippen LogP contribution in [0.2, 0.25) is 0 Å². The van der Waals surface area contributed by atoms with Crippen molar-refractivity contribution >= 4 is 29.4 Å². The molecule has 0 spiro atoms. The van der Waals surface area contributed by atoms with Crippen LogP contribution in [0.1, 0.15) is 49.3 Å². The van der Waals surface area contributed by atoms with Gasteiger partial charge in [0.15, 0.2) is 5.78 Å². The van der Waals surface area contributed by atoms with E-state index in [9.17, 15) is 29.2 Å². The Morgan fingerprint density at radius 3 is 2.20 bits per heavy atom. The fourth-order valence-electron chi connectivity index (χ4n) is 4.00. The number of carbonyl (C=O) groups excluding carboxylic acids is 5. The van der Waals surface area contributed by atoms with Gasteiger partial charge in [0.1, 0.15) is 11.6 Å². The second-order valence-corrected chi connectivity index (χ2v) is 8.80. The number of Topliss-reactive ketones (excluding diaryl/α,β-unsaturated/α-hetero) is 1. The molecule has 0 aliphatic carbocycles. The molecular weight excluding hydrogens is 452 g/mol. The molecule has 2 heterocycles. The van der Waals surface area contributed by atoms with E-state index in [0.717, 1.165) is 0 Å². The Morgan fingerprint density at radius 1 is 1.00 bits per heavy atom. The molecule has 184 valence electrons. The number of nitrogens with zero attached hydrogens (tertiary/aromatic N) is 2. The van der Waals surface area contributed by atoms with Crippen molar-refractivity contribution in [1.29, 1.82) is 0 Å². The molecule has 1 aromatic heterocycles. The van der Waals surface area contributed by atoms with E-state index >= 15 is 0 Å². The molecule has 0 unspecified atom stereocenters. The average Bonchev–Trinajstić information content (AvgIpc) is 3.04. The molecule has 2 aromatic rings. The van der Waals surface area contributed by atoms with Crippen LogP contribution in [-0.2, 0) is 19.2 Å². The number of imide groups is 1. The third-order valence-corrected chi connectivity index (χ3v) is 5.96. The van der Waals surface area contributed by atoms with Crippen LogP contribution in [0.15, 0.2) is 54.7 Å². The van der Waals surface area contributed by atoms with E-state index in [1.165, 1.54) is 13.1 Å². The molecule has 1 aromatic carbocycles. The van der Waals surface area contributed by atoms with Gasteiger partial charge in [-0.15, -0.1) is 0 Å². The lowest BCUT2D eigenvalue weighted by Gasteiger charge is -2.26. The number of hydrogen-bond acceptors (Lipinski definition) is 7. The Balaban J connectivity index is 1.77. The van der Waals surface area contributed by atoms with Crippen LogP contribution in [0.5, 0.6) is 0 Å². The van der Waals surface area contributed by atoms with Gasteiger partial charge in [0, 0.05) is 6.20 Å². The minimum Gasteiger partial charge on any atom is -0.346 e. The molecule has 1 aliphatic rings. The highest BCUT2D eigenvalue weighted by Crippen LogP contribution is 2.28. The van der Waals surface area contributed by atoms with Crippen LogP contribution in [0.4, 0.5) is 0 Å². The molecule has 1 aliphatic heterocycles. The SMILES string of the molecule is CC(C)[C@H](NC(=O)C[C@H](NC(=O)c1ccccn1)c1ccccc1)C(=O)[C@@H]1C(=O)N(O)C(=O)[C@H]1C. The van der Waals surface area contributed by atoms with Gasteiger partial charge in [-0.25, -0.2) is 0 Å². The number of rotatable bonds is 9. The van der Waals surface area contributed by atoms with E-state index in [2.05, 4.69) is 15.6 Å². The van der Waals surface area contributed by atoms with E-state index in [-0.39, 0.29) is 17.2 Å². The summed E-state index contributed by atoms with van der Waals surface area (Å²) in [5, 5.41) is 15.1. The largest absolute Gasteiger partial charge is 0.346 e. The number of aromatic nitrogens is 1. The van der Waals surface area contributed by atoms with Gasteiger partial charge in [-0.05, 0) is 23.6 Å². The van der Waals surface area contributed by atoms with Crippen LogP contribution >= 0.6 is 0 Å². The Hall–Kier alpha value is -3.92. The lowest BCUT2D eigenvalue weighted by molar-refractivity contribution is -0.173. The molecule has 0 radical (unpaired) electrons. The molecule has 1 saturated heterocycles. The normalized spacial score (nSPS) is 19.4. The minimum atomic E-state index is -1.38. The number of pyridine rings is 1. The van der Waals surface area contributed by atoms with E-state index in [1.54, 1.807) is 62.4 Å². The van der Waals surface area contributed by atoms with Crippen molar-refractivity contribution in [3.05, 3.63) is 66.0 Å². The van der Waals surface area contributed by atoms with Gasteiger partial charge in [-0.1, -0.05) is 57.2 Å². The van der Waals surface area contributed by atoms with Gasteiger partial charge in [0.2, 0.25) is 5.91 Å². The number of hydroxylamine groups is 2. The van der Waals surface area contributed by atoms with Gasteiger partial charge in [-0.2, -0.15) is 5.06 Å². The van der Waals surface area contributed by atoms with E-state index in [1.807, 2.05) is 0 Å². The van der Waals surface area contributed by atoms with E-state index in [4.69, 9.17) is 0 Å². The molecule has 10 heteroatoms. The Labute approximate surface area is 202 Å². The van der Waals surface area contributed by atoms with Crippen molar-refractivity contribution in [2.75, 3.05) is 0 Å². The quantitative estimate of drug-likeness (QED) is 0.281. The monoisotopic (exact) mass is 480 g/mol. The average molecular weight is 481 g/mol. The fraction of sp³-hybridized carbons (Fsp3) is 0.360. The van der Waals surface area contributed by atoms with Crippen LogP contribution < -0.4 is 10.6 Å². The first kappa shape index (κ1) is 25.7. The van der Waals surface area contributed by atoms with E-state index < -0.39 is 59.2 Å². The summed E-state index contributed by atoms with van der Waals surface area (Å²) in [6.45, 7) is 4.78. The summed E-state index contributed by atoms with van der Waals surface area (Å²) in [4.78, 5) is 67.1. The standard InChI is InChI=1S/C25H28N4O6/c1-14(2)21(22(31)20-15(3)24(33)29(35)25(20)34)28-19(30)13-18(16-9-5-4-6-10-16)27-23(32)17-11-7-8-12-26-17/h4-12,14-15,18,20-21,35H,13H2,1-3H3,(H,27,32)(H,28,30)/t15-,18-,20+,21-/m0/s1. The number of amides is 4. The lowest BCUT2D eigenvalue weighted by atomic mass is 9.85. The van der Waals surface area contributed by atoms with Gasteiger partial charge in [0.05, 0.1) is 24.4 Å². The highest BCUT2D eigenvalue weighted by molar-refractivity contribution is 6.16. The molecule has 3 N–H and O–H groups in total. The molecule has 0 bridgehead atoms. The molecule has 35 heavy (non-hydrogen) atoms. The van der Waals surface area contributed by atoms with Crippen molar-refractivity contribution in [3.8, 4) is 0 Å². The summed E-state index contributed by atoms with van der Waals surface area (Å²) >= 11 is 0. The van der Waals surface area contributed by atoms with Gasteiger partial charge < -0.3 is 10.6 Å². The topological polar surface area (TPSA) is 146 Å². The van der Waals surface area contributed by atoms with Crippen LogP contribution in [0.3, 0.4) is 0 Å². The molecule has 0 saturated carbocycles. The summed E-state index contributed by atoms with van der Waals surface area (Å²) in [6.07, 6.45) is 1.31. The molecule has 3 rings (SSSR count). The number of benzene rings is 1. The van der Waals surface area contributed by atoms with E-state index in [0.29, 0.717) is 5.56 Å². The van der Waals surface area contributed by atoms with Crippen molar-refractivity contribution in [1.82, 2.24) is 20.7 Å². The molecule has 4 atom stereocenters. The second-order valence-electron chi connectivity index (χ2n) is 8.80. The number of hydrogen-bond donors (Lipinski definition) is 3. The van der Waals surface area contributed by atoms with Crippen LogP contribution in [0, 0.1) is 17.8 Å². The van der Waals surface area contributed by atoms with Gasteiger partial charge in [-0.3, -0.25) is 34.2 Å². The minimum absolute atomic E-state index is 0.0367. The van der Waals surface area contributed by atoms with Crippen molar-refractivity contribution in [2.24, 2.45) is 17.8 Å². The molecule has 4 amide bonds. The smallest absolute Gasteiger partial charge is 0.270 e. The Morgan fingerprint density at radius 2 is 1.66 bits per heavy atom. The summed E-state index contributed by atoms with van der Waals surface area (Å²) < 4.78 is 0. The first-order valence-corrected chi connectivity index (χ1v) is 11.3. The summed E-state index contributed by atoms with van der Waals surface area (Å²) in [6, 6.07) is 12.0. The highest BCUT2D eigenvalue weighted by atomic mass is 16.5. The molecule has 10 nitrogen and oxygen atoms in total. The third-order valence-electron chi connectivity index (χ3n) is 5.96.